The summed E-state index contributed by atoms with van der Waals surface area (Å²) in [4.78, 5) is 11.9. The molecule has 1 fully saturated rings. The van der Waals surface area contributed by atoms with Crippen molar-refractivity contribution in [1.29, 1.82) is 0 Å². The lowest BCUT2D eigenvalue weighted by Crippen LogP contribution is -2.46. The Morgan fingerprint density at radius 3 is 2.85 bits per heavy atom. The summed E-state index contributed by atoms with van der Waals surface area (Å²) >= 11 is 0. The Labute approximate surface area is 115 Å². The molecule has 20 heavy (non-hydrogen) atoms. The number of carboxylic acid groups (broad SMARTS) is 1. The molecule has 2 unspecified atom stereocenters. The number of hydrogen-bond acceptors (Lipinski definition) is 5. The van der Waals surface area contributed by atoms with E-state index in [0.29, 0.717) is 12.2 Å². The van der Waals surface area contributed by atoms with Crippen molar-refractivity contribution in [2.24, 2.45) is 0 Å². The van der Waals surface area contributed by atoms with Gasteiger partial charge in [-0.25, -0.2) is 0 Å². The Kier molecular flexibility index (Phi) is 3.14. The zero-order chi connectivity index (χ0) is 14.0. The van der Waals surface area contributed by atoms with Gasteiger partial charge in [0.05, 0.1) is 6.20 Å². The van der Waals surface area contributed by atoms with Crippen LogP contribution in [0.2, 0.25) is 0 Å². The third-order valence-electron chi connectivity index (χ3n) is 3.96. The van der Waals surface area contributed by atoms with E-state index in [2.05, 4.69) is 15.7 Å². The normalized spacial score (nSPS) is 25.5. The van der Waals surface area contributed by atoms with Gasteiger partial charge in [-0.1, -0.05) is 18.2 Å². The number of carbonyl (C=O) groups is 1. The molecule has 0 saturated heterocycles. The van der Waals surface area contributed by atoms with Gasteiger partial charge in [-0.15, -0.1) is 5.10 Å². The van der Waals surface area contributed by atoms with E-state index in [4.69, 9.17) is 4.52 Å². The van der Waals surface area contributed by atoms with E-state index in [1.54, 1.807) is 0 Å². The van der Waals surface area contributed by atoms with E-state index in [1.165, 1.54) is 6.20 Å². The maximum atomic E-state index is 11.9. The van der Waals surface area contributed by atoms with Crippen LogP contribution in [0.5, 0.6) is 0 Å². The predicted molar refractivity (Wildman–Crippen MR) is 71.3 cm³/mol. The van der Waals surface area contributed by atoms with Crippen molar-refractivity contribution < 1.29 is 14.4 Å². The van der Waals surface area contributed by atoms with E-state index in [9.17, 15) is 9.90 Å². The fourth-order valence-electron chi connectivity index (χ4n) is 2.96. The molecular formula is C14H15N3O3. The van der Waals surface area contributed by atoms with Gasteiger partial charge >= 0.3 is 5.97 Å². The molecule has 1 saturated carbocycles. The molecular weight excluding hydrogens is 258 g/mol. The lowest BCUT2D eigenvalue weighted by Gasteiger charge is -2.29. The molecule has 6 heteroatoms. The topological polar surface area (TPSA) is 88.2 Å². The van der Waals surface area contributed by atoms with Gasteiger partial charge < -0.3 is 14.9 Å². The molecule has 0 spiro atoms. The standard InChI is InChI=1S/C14H15N3O3/c18-13(19)14(12-9-15-17-20-12)8-4-7-11(14)16-10-5-2-1-3-6-10/h1-3,5-6,9,11,16H,4,7-8H2,(H,18,19). The number of rotatable bonds is 4. The van der Waals surface area contributed by atoms with Gasteiger partial charge in [-0.05, 0) is 31.4 Å². The second kappa shape index (κ2) is 4.96. The Morgan fingerprint density at radius 1 is 1.40 bits per heavy atom. The Hall–Kier alpha value is -2.37. The van der Waals surface area contributed by atoms with Crippen LogP contribution in [0.4, 0.5) is 5.69 Å². The van der Waals surface area contributed by atoms with Crippen molar-refractivity contribution in [3.8, 4) is 0 Å². The minimum atomic E-state index is -1.10. The lowest BCUT2D eigenvalue weighted by atomic mass is 9.80. The zero-order valence-corrected chi connectivity index (χ0v) is 10.8. The summed E-state index contributed by atoms with van der Waals surface area (Å²) in [5.74, 6) is -0.585. The molecule has 1 aromatic carbocycles. The van der Waals surface area contributed by atoms with Gasteiger partial charge in [0.15, 0.2) is 5.76 Å². The summed E-state index contributed by atoms with van der Waals surface area (Å²) in [5, 5.41) is 20.1. The molecule has 1 heterocycles. The quantitative estimate of drug-likeness (QED) is 0.886. The fraction of sp³-hybridized carbons (Fsp3) is 0.357. The van der Waals surface area contributed by atoms with Gasteiger partial charge in [0.2, 0.25) is 0 Å². The highest BCUT2D eigenvalue weighted by Gasteiger charge is 2.54. The predicted octanol–water partition coefficient (Wildman–Crippen LogP) is 2.06. The van der Waals surface area contributed by atoms with Gasteiger partial charge in [-0.3, -0.25) is 4.79 Å². The number of carboxylic acids is 1. The first kappa shape index (κ1) is 12.7. The molecule has 0 radical (unpaired) electrons. The van der Waals surface area contributed by atoms with Gasteiger partial charge in [0, 0.05) is 17.0 Å². The number of hydrogen-bond donors (Lipinski definition) is 2. The van der Waals surface area contributed by atoms with Crippen molar-refractivity contribution in [2.75, 3.05) is 5.32 Å². The van der Waals surface area contributed by atoms with Crippen LogP contribution >= 0.6 is 0 Å². The maximum Gasteiger partial charge on any atom is 0.319 e. The lowest BCUT2D eigenvalue weighted by molar-refractivity contribution is -0.144. The van der Waals surface area contributed by atoms with Crippen LogP contribution in [0.15, 0.2) is 41.1 Å². The van der Waals surface area contributed by atoms with Crippen molar-refractivity contribution in [3.05, 3.63) is 42.3 Å². The molecule has 6 nitrogen and oxygen atoms in total. The largest absolute Gasteiger partial charge is 0.480 e. The van der Waals surface area contributed by atoms with Crippen molar-refractivity contribution >= 4 is 11.7 Å². The maximum absolute atomic E-state index is 11.9. The minimum absolute atomic E-state index is 0.239. The van der Waals surface area contributed by atoms with Crippen molar-refractivity contribution in [1.82, 2.24) is 10.4 Å². The van der Waals surface area contributed by atoms with Crippen LogP contribution in [0.3, 0.4) is 0 Å². The molecule has 2 N–H and O–H groups in total. The number of aliphatic carboxylic acids is 1. The third kappa shape index (κ3) is 1.93. The fourth-order valence-corrected chi connectivity index (χ4v) is 2.96. The number of para-hydroxylation sites is 1. The number of benzene rings is 1. The number of anilines is 1. The Bertz CT molecular complexity index is 585. The highest BCUT2D eigenvalue weighted by molar-refractivity contribution is 5.82. The number of aromatic nitrogens is 2. The smallest absolute Gasteiger partial charge is 0.319 e. The molecule has 104 valence electrons. The number of nitrogens with one attached hydrogen (secondary N) is 1. The molecule has 0 aliphatic heterocycles. The summed E-state index contributed by atoms with van der Waals surface area (Å²) < 4.78 is 5.07. The molecule has 3 rings (SSSR count). The van der Waals surface area contributed by atoms with E-state index >= 15 is 0 Å². The first-order valence-corrected chi connectivity index (χ1v) is 6.56. The van der Waals surface area contributed by atoms with E-state index in [0.717, 1.165) is 18.5 Å². The van der Waals surface area contributed by atoms with Crippen molar-refractivity contribution in [2.45, 2.75) is 30.7 Å². The highest BCUT2D eigenvalue weighted by Crippen LogP contribution is 2.42. The molecule has 1 aliphatic carbocycles. The summed E-state index contributed by atoms with van der Waals surface area (Å²) in [6.45, 7) is 0. The molecule has 2 atom stereocenters. The molecule has 0 amide bonds. The third-order valence-corrected chi connectivity index (χ3v) is 3.96. The van der Waals surface area contributed by atoms with Gasteiger partial charge in [0.1, 0.15) is 5.41 Å². The van der Waals surface area contributed by atoms with Crippen LogP contribution in [0.25, 0.3) is 0 Å². The Morgan fingerprint density at radius 2 is 2.20 bits per heavy atom. The SMILES string of the molecule is O=C(O)C1(c2cnno2)CCCC1Nc1ccccc1. The average molecular weight is 273 g/mol. The molecule has 2 aromatic rings. The highest BCUT2D eigenvalue weighted by atomic mass is 16.5. The number of nitrogens with zero attached hydrogens (tertiary/aromatic N) is 2. The molecule has 1 aliphatic rings. The Balaban J connectivity index is 1.95. The summed E-state index contributed by atoms with van der Waals surface area (Å²) in [5.41, 5.74) is -0.197. The van der Waals surface area contributed by atoms with E-state index in [1.807, 2.05) is 30.3 Å². The minimum Gasteiger partial charge on any atom is -0.480 e. The average Bonchev–Trinajstić information content (AvgIpc) is 3.09. The second-order valence-electron chi connectivity index (χ2n) is 5.01. The van der Waals surface area contributed by atoms with E-state index in [-0.39, 0.29) is 6.04 Å². The first-order chi connectivity index (χ1) is 9.73. The van der Waals surface area contributed by atoms with Gasteiger partial charge in [-0.2, -0.15) is 0 Å². The van der Waals surface area contributed by atoms with Crippen LogP contribution in [-0.4, -0.2) is 27.5 Å². The molecule has 1 aromatic heterocycles. The summed E-state index contributed by atoms with van der Waals surface area (Å²) in [6, 6.07) is 9.35. The van der Waals surface area contributed by atoms with Gasteiger partial charge in [0.25, 0.3) is 0 Å². The monoisotopic (exact) mass is 273 g/mol. The zero-order valence-electron chi connectivity index (χ0n) is 10.8. The summed E-state index contributed by atoms with van der Waals surface area (Å²) in [7, 11) is 0. The van der Waals surface area contributed by atoms with Crippen LogP contribution < -0.4 is 5.32 Å². The van der Waals surface area contributed by atoms with Crippen LogP contribution in [0.1, 0.15) is 25.0 Å². The first-order valence-electron chi connectivity index (χ1n) is 6.56. The van der Waals surface area contributed by atoms with E-state index < -0.39 is 11.4 Å². The second-order valence-corrected chi connectivity index (χ2v) is 5.01. The van der Waals surface area contributed by atoms with Crippen LogP contribution in [0, 0.1) is 0 Å². The molecule has 0 bridgehead atoms. The summed E-state index contributed by atoms with van der Waals surface area (Å²) in [6.07, 6.45) is 3.50. The van der Waals surface area contributed by atoms with Crippen molar-refractivity contribution in [3.63, 3.8) is 0 Å². The van der Waals surface area contributed by atoms with Crippen LogP contribution in [-0.2, 0) is 10.2 Å².